The summed E-state index contributed by atoms with van der Waals surface area (Å²) in [4.78, 5) is 12.8. The Morgan fingerprint density at radius 2 is 2.09 bits per heavy atom. The van der Waals surface area contributed by atoms with E-state index in [0.29, 0.717) is 12.1 Å². The Morgan fingerprint density at radius 1 is 1.27 bits per heavy atom. The number of hydrogen-bond acceptors (Lipinski definition) is 4. The molecule has 0 spiro atoms. The second-order valence-electron chi connectivity index (χ2n) is 5.70. The van der Waals surface area contributed by atoms with Gasteiger partial charge in [-0.3, -0.25) is 0 Å². The molecule has 0 atom stereocenters. The van der Waals surface area contributed by atoms with E-state index >= 15 is 0 Å². The first kappa shape index (κ1) is 14.8. The second-order valence-corrected chi connectivity index (χ2v) is 5.70. The highest BCUT2D eigenvalue weighted by Crippen LogP contribution is 2.25. The molecule has 0 aliphatic carbocycles. The summed E-state index contributed by atoms with van der Waals surface area (Å²) in [7, 11) is 3.92. The van der Waals surface area contributed by atoms with Crippen LogP contribution in [0.5, 0.6) is 0 Å². The van der Waals surface area contributed by atoms with Crippen LogP contribution in [0.2, 0.25) is 0 Å². The van der Waals surface area contributed by atoms with Crippen molar-refractivity contribution in [2.75, 3.05) is 25.5 Å². The van der Waals surface area contributed by atoms with Crippen LogP contribution in [0.1, 0.15) is 16.8 Å². The van der Waals surface area contributed by atoms with Gasteiger partial charge in [0.25, 0.3) is 0 Å². The molecule has 0 saturated heterocycles. The number of anilines is 1. The van der Waals surface area contributed by atoms with Gasteiger partial charge < -0.3 is 9.80 Å². The molecule has 4 nitrogen and oxygen atoms in total. The summed E-state index contributed by atoms with van der Waals surface area (Å²) < 4.78 is 26.8. The first-order valence-electron chi connectivity index (χ1n) is 7.21. The predicted molar refractivity (Wildman–Crippen MR) is 80.5 cm³/mol. The van der Waals surface area contributed by atoms with Gasteiger partial charge in [0, 0.05) is 50.3 Å². The fourth-order valence-electron chi connectivity index (χ4n) is 2.77. The molecule has 2 aromatic rings. The molecule has 0 amide bonds. The third-order valence-corrected chi connectivity index (χ3v) is 3.95. The lowest BCUT2D eigenvalue weighted by Gasteiger charge is -2.29. The largest absolute Gasteiger partial charge is 0.355 e. The van der Waals surface area contributed by atoms with E-state index in [-0.39, 0.29) is 0 Å². The second kappa shape index (κ2) is 5.96. The molecular weight excluding hydrogens is 286 g/mol. The van der Waals surface area contributed by atoms with Gasteiger partial charge in [0.1, 0.15) is 23.8 Å². The van der Waals surface area contributed by atoms with Crippen molar-refractivity contribution >= 4 is 5.82 Å². The van der Waals surface area contributed by atoms with Crippen molar-refractivity contribution in [1.82, 2.24) is 14.9 Å². The van der Waals surface area contributed by atoms with Gasteiger partial charge in [-0.2, -0.15) is 0 Å². The zero-order valence-corrected chi connectivity index (χ0v) is 12.7. The SMILES string of the molecule is CN1CCc2ncnc(N(C)Cc3ccc(F)cc3F)c2C1. The molecule has 0 unspecified atom stereocenters. The topological polar surface area (TPSA) is 32.3 Å². The van der Waals surface area contributed by atoms with Gasteiger partial charge in [0.15, 0.2) is 0 Å². The highest BCUT2D eigenvalue weighted by atomic mass is 19.1. The number of likely N-dealkylation sites (N-methyl/N-ethyl adjacent to an activating group) is 1. The molecule has 0 fully saturated rings. The summed E-state index contributed by atoms with van der Waals surface area (Å²) in [6.45, 7) is 2.08. The van der Waals surface area contributed by atoms with E-state index in [9.17, 15) is 8.78 Å². The van der Waals surface area contributed by atoms with Crippen molar-refractivity contribution in [2.24, 2.45) is 0 Å². The Bertz CT molecular complexity index is 690. The summed E-state index contributed by atoms with van der Waals surface area (Å²) in [6, 6.07) is 3.66. The number of rotatable bonds is 3. The van der Waals surface area contributed by atoms with Gasteiger partial charge >= 0.3 is 0 Å². The molecule has 116 valence electrons. The maximum atomic E-state index is 13.8. The quantitative estimate of drug-likeness (QED) is 0.871. The van der Waals surface area contributed by atoms with Gasteiger partial charge in [-0.25, -0.2) is 18.7 Å². The highest BCUT2D eigenvalue weighted by molar-refractivity contribution is 5.49. The molecule has 3 rings (SSSR count). The minimum atomic E-state index is -0.565. The van der Waals surface area contributed by atoms with Crippen LogP contribution in [-0.4, -0.2) is 35.5 Å². The van der Waals surface area contributed by atoms with E-state index in [1.54, 1.807) is 6.33 Å². The average molecular weight is 304 g/mol. The molecule has 6 heteroatoms. The molecule has 1 aliphatic heterocycles. The van der Waals surface area contributed by atoms with Crippen molar-refractivity contribution in [2.45, 2.75) is 19.5 Å². The third-order valence-electron chi connectivity index (χ3n) is 3.95. The smallest absolute Gasteiger partial charge is 0.136 e. The number of nitrogens with zero attached hydrogens (tertiary/aromatic N) is 4. The van der Waals surface area contributed by atoms with Crippen molar-refractivity contribution < 1.29 is 8.78 Å². The lowest BCUT2D eigenvalue weighted by atomic mass is 10.1. The molecule has 2 heterocycles. The number of hydrogen-bond donors (Lipinski definition) is 0. The molecular formula is C16H18F2N4. The van der Waals surface area contributed by atoms with Crippen LogP contribution in [0.4, 0.5) is 14.6 Å². The molecule has 1 aromatic heterocycles. The Morgan fingerprint density at radius 3 is 2.86 bits per heavy atom. The zero-order valence-electron chi connectivity index (χ0n) is 12.7. The van der Waals surface area contributed by atoms with E-state index in [1.807, 2.05) is 11.9 Å². The Balaban J connectivity index is 1.88. The fraction of sp³-hybridized carbons (Fsp3) is 0.375. The minimum Gasteiger partial charge on any atom is -0.355 e. The maximum absolute atomic E-state index is 13.8. The molecule has 0 bridgehead atoms. The summed E-state index contributed by atoms with van der Waals surface area (Å²) >= 11 is 0. The first-order valence-corrected chi connectivity index (χ1v) is 7.21. The van der Waals surface area contributed by atoms with Crippen LogP contribution >= 0.6 is 0 Å². The van der Waals surface area contributed by atoms with Gasteiger partial charge in [0.2, 0.25) is 0 Å². The zero-order chi connectivity index (χ0) is 15.7. The monoisotopic (exact) mass is 304 g/mol. The van der Waals surface area contributed by atoms with E-state index in [0.717, 1.165) is 42.7 Å². The lowest BCUT2D eigenvalue weighted by Crippen LogP contribution is -2.30. The fourth-order valence-corrected chi connectivity index (χ4v) is 2.77. The summed E-state index contributed by atoms with van der Waals surface area (Å²) in [5, 5.41) is 0. The first-order chi connectivity index (χ1) is 10.5. The van der Waals surface area contributed by atoms with Gasteiger partial charge in [0.05, 0.1) is 5.69 Å². The molecule has 1 aromatic carbocycles. The van der Waals surface area contributed by atoms with Crippen LogP contribution in [0.25, 0.3) is 0 Å². The van der Waals surface area contributed by atoms with E-state index < -0.39 is 11.6 Å². The average Bonchev–Trinajstić information content (AvgIpc) is 2.49. The number of benzene rings is 1. The maximum Gasteiger partial charge on any atom is 0.136 e. The van der Waals surface area contributed by atoms with Crippen molar-refractivity contribution in [3.8, 4) is 0 Å². The van der Waals surface area contributed by atoms with Crippen LogP contribution in [-0.2, 0) is 19.5 Å². The Hall–Kier alpha value is -2.08. The van der Waals surface area contributed by atoms with Crippen LogP contribution in [0.15, 0.2) is 24.5 Å². The van der Waals surface area contributed by atoms with Gasteiger partial charge in [-0.1, -0.05) is 6.07 Å². The molecule has 0 saturated carbocycles. The van der Waals surface area contributed by atoms with Gasteiger partial charge in [-0.15, -0.1) is 0 Å². The minimum absolute atomic E-state index is 0.333. The van der Waals surface area contributed by atoms with Crippen molar-refractivity contribution in [1.29, 1.82) is 0 Å². The third kappa shape index (κ3) is 2.92. The molecule has 22 heavy (non-hydrogen) atoms. The highest BCUT2D eigenvalue weighted by Gasteiger charge is 2.21. The van der Waals surface area contributed by atoms with E-state index in [2.05, 4.69) is 21.9 Å². The Labute approximate surface area is 128 Å². The standard InChI is InChI=1S/C16H18F2N4/c1-21-6-5-15-13(9-21)16(20-10-19-15)22(2)8-11-3-4-12(17)7-14(11)18/h3-4,7,10H,5-6,8-9H2,1-2H3. The summed E-state index contributed by atoms with van der Waals surface area (Å²) in [5.74, 6) is -0.294. The number of halogens is 2. The normalized spacial score (nSPS) is 14.7. The number of fused-ring (bicyclic) bond motifs is 1. The van der Waals surface area contributed by atoms with E-state index in [4.69, 9.17) is 0 Å². The summed E-state index contributed by atoms with van der Waals surface area (Å²) in [5.41, 5.74) is 2.58. The predicted octanol–water partition coefficient (Wildman–Crippen LogP) is 2.38. The number of aromatic nitrogens is 2. The molecule has 1 aliphatic rings. The van der Waals surface area contributed by atoms with Crippen LogP contribution in [0.3, 0.4) is 0 Å². The van der Waals surface area contributed by atoms with Crippen molar-refractivity contribution in [3.63, 3.8) is 0 Å². The molecule has 0 N–H and O–H groups in total. The van der Waals surface area contributed by atoms with E-state index in [1.165, 1.54) is 12.1 Å². The van der Waals surface area contributed by atoms with Crippen LogP contribution in [0, 0.1) is 11.6 Å². The van der Waals surface area contributed by atoms with Crippen molar-refractivity contribution in [3.05, 3.63) is 53.0 Å². The lowest BCUT2D eigenvalue weighted by molar-refractivity contribution is 0.309. The molecule has 0 radical (unpaired) electrons. The summed E-state index contributed by atoms with van der Waals surface area (Å²) in [6.07, 6.45) is 2.44. The van der Waals surface area contributed by atoms with Crippen LogP contribution < -0.4 is 4.90 Å². The Kier molecular flexibility index (Phi) is 4.02. The van der Waals surface area contributed by atoms with Gasteiger partial charge in [-0.05, 0) is 13.1 Å².